The summed E-state index contributed by atoms with van der Waals surface area (Å²) in [4.78, 5) is 8.67. The largest absolute Gasteiger partial charge is 0.505 e. The number of nitrogens with one attached hydrogen (secondary N) is 1. The fraction of sp³-hybridized carbons (Fsp3) is 0.217. The number of aromatic nitrogens is 3. The minimum Gasteiger partial charge on any atom is -0.505 e. The first-order valence-corrected chi connectivity index (χ1v) is 12.6. The van der Waals surface area contributed by atoms with Crippen LogP contribution in [0.2, 0.25) is 5.02 Å². The lowest BCUT2D eigenvalue weighted by molar-refractivity contribution is 0.470. The zero-order chi connectivity index (χ0) is 23.2. The average molecular weight is 484 g/mol. The Hall–Kier alpha value is -3.14. The fourth-order valence-corrected chi connectivity index (χ4v) is 4.93. The highest BCUT2D eigenvalue weighted by molar-refractivity contribution is 7.89. The highest BCUT2D eigenvalue weighted by atomic mass is 35.5. The first kappa shape index (κ1) is 21.7. The molecule has 2 aromatic carbocycles. The summed E-state index contributed by atoms with van der Waals surface area (Å²) in [6, 6.07) is 13.5. The number of aryl methyl sites for hydroxylation is 2. The normalized spacial score (nSPS) is 13.0. The Morgan fingerprint density at radius 3 is 2.82 bits per heavy atom. The van der Waals surface area contributed by atoms with Crippen molar-refractivity contribution in [3.05, 3.63) is 70.5 Å². The maximum atomic E-state index is 11.1. The van der Waals surface area contributed by atoms with Gasteiger partial charge in [0.25, 0.3) is 0 Å². The van der Waals surface area contributed by atoms with Crippen molar-refractivity contribution in [1.29, 1.82) is 0 Å². The maximum Gasteiger partial charge on any atom is 0.223 e. The molecule has 0 unspecified atom stereocenters. The van der Waals surface area contributed by atoms with Crippen molar-refractivity contribution >= 4 is 38.5 Å². The van der Waals surface area contributed by atoms with Gasteiger partial charge in [-0.2, -0.15) is 0 Å². The van der Waals surface area contributed by atoms with Crippen LogP contribution >= 0.6 is 11.6 Å². The van der Waals surface area contributed by atoms with Gasteiger partial charge in [-0.05, 0) is 41.8 Å². The van der Waals surface area contributed by atoms with Gasteiger partial charge in [0.1, 0.15) is 5.75 Å². The molecule has 10 heteroatoms. The summed E-state index contributed by atoms with van der Waals surface area (Å²) < 4.78 is 24.5. The zero-order valence-corrected chi connectivity index (χ0v) is 19.2. The fourth-order valence-electron chi connectivity index (χ4n) is 4.34. The van der Waals surface area contributed by atoms with E-state index in [1.165, 1.54) is 0 Å². The van der Waals surface area contributed by atoms with E-state index in [0.717, 1.165) is 46.3 Å². The van der Waals surface area contributed by atoms with Crippen LogP contribution in [-0.2, 0) is 29.4 Å². The zero-order valence-electron chi connectivity index (χ0n) is 17.6. The third-order valence-electron chi connectivity index (χ3n) is 5.85. The Morgan fingerprint density at radius 2 is 2.03 bits per heavy atom. The summed E-state index contributed by atoms with van der Waals surface area (Å²) >= 11 is 6.36. The van der Waals surface area contributed by atoms with Gasteiger partial charge in [0.05, 0.1) is 22.7 Å². The number of benzene rings is 2. The standard InChI is InChI=1S/C23H22ClN5O3S/c24-18-4-2-1-3-14(18)13-20-22(30)17-12-16(11-15-6-9-29(20)21(15)17)19-5-7-26-23(28-19)27-8-10-33(25,31)32/h1-5,7,11-12,30H,6,8-10,13H2,(H2,25,31,32)(H,26,27,28). The topological polar surface area (TPSA) is 123 Å². The summed E-state index contributed by atoms with van der Waals surface area (Å²) in [6.07, 6.45) is 3.01. The Morgan fingerprint density at radius 1 is 1.21 bits per heavy atom. The molecule has 8 nitrogen and oxygen atoms in total. The van der Waals surface area contributed by atoms with Crippen LogP contribution in [0.25, 0.3) is 22.2 Å². The number of nitrogens with zero attached hydrogens (tertiary/aromatic N) is 3. The molecule has 0 radical (unpaired) electrons. The predicted molar refractivity (Wildman–Crippen MR) is 129 cm³/mol. The molecular weight excluding hydrogens is 462 g/mol. The Kier molecular flexibility index (Phi) is 5.48. The van der Waals surface area contributed by atoms with E-state index in [2.05, 4.69) is 25.9 Å². The molecule has 0 saturated heterocycles. The second-order valence-corrected chi connectivity index (χ2v) is 10.2. The monoisotopic (exact) mass is 483 g/mol. The van der Waals surface area contributed by atoms with E-state index in [-0.39, 0.29) is 18.0 Å². The van der Waals surface area contributed by atoms with Gasteiger partial charge in [-0.3, -0.25) is 0 Å². The summed E-state index contributed by atoms with van der Waals surface area (Å²) in [5.41, 5.74) is 5.53. The van der Waals surface area contributed by atoms with E-state index >= 15 is 0 Å². The molecule has 0 atom stereocenters. The molecule has 0 bridgehead atoms. The first-order valence-electron chi connectivity index (χ1n) is 10.5. The molecule has 0 fully saturated rings. The number of primary sulfonamides is 1. The molecule has 0 saturated carbocycles. The Balaban J connectivity index is 1.50. The van der Waals surface area contributed by atoms with Crippen LogP contribution in [0.5, 0.6) is 5.75 Å². The van der Waals surface area contributed by atoms with E-state index in [1.807, 2.05) is 30.3 Å². The number of rotatable bonds is 7. The van der Waals surface area contributed by atoms with Gasteiger partial charge in [-0.1, -0.05) is 29.8 Å². The second-order valence-electron chi connectivity index (χ2n) is 8.06. The van der Waals surface area contributed by atoms with Crippen LogP contribution in [0.4, 0.5) is 5.95 Å². The van der Waals surface area contributed by atoms with Crippen molar-refractivity contribution in [2.24, 2.45) is 5.14 Å². The molecule has 33 heavy (non-hydrogen) atoms. The number of hydrogen-bond acceptors (Lipinski definition) is 6. The van der Waals surface area contributed by atoms with Gasteiger partial charge in [-0.25, -0.2) is 23.5 Å². The number of anilines is 1. The van der Waals surface area contributed by atoms with E-state index in [4.69, 9.17) is 16.7 Å². The van der Waals surface area contributed by atoms with Gasteiger partial charge in [0.15, 0.2) is 0 Å². The number of hydrogen-bond donors (Lipinski definition) is 3. The van der Waals surface area contributed by atoms with E-state index < -0.39 is 10.0 Å². The molecule has 0 aliphatic carbocycles. The van der Waals surface area contributed by atoms with E-state index in [0.29, 0.717) is 23.1 Å². The lowest BCUT2D eigenvalue weighted by Crippen LogP contribution is -2.22. The van der Waals surface area contributed by atoms with E-state index in [9.17, 15) is 13.5 Å². The number of sulfonamides is 1. The first-order chi connectivity index (χ1) is 15.8. The Bertz CT molecular complexity index is 1480. The summed E-state index contributed by atoms with van der Waals surface area (Å²) in [5, 5.41) is 20.5. The van der Waals surface area contributed by atoms with Crippen LogP contribution in [-0.4, -0.2) is 40.4 Å². The summed E-state index contributed by atoms with van der Waals surface area (Å²) in [5.74, 6) is 0.355. The molecule has 4 aromatic rings. The average Bonchev–Trinajstić information content (AvgIpc) is 3.31. The van der Waals surface area contributed by atoms with Gasteiger partial charge < -0.3 is 15.0 Å². The van der Waals surface area contributed by atoms with Gasteiger partial charge in [0, 0.05) is 41.7 Å². The second kappa shape index (κ2) is 8.33. The number of nitrogens with two attached hydrogens (primary N) is 1. The maximum absolute atomic E-state index is 11.1. The van der Waals surface area contributed by atoms with E-state index in [1.54, 1.807) is 12.3 Å². The lowest BCUT2D eigenvalue weighted by atomic mass is 10.0. The minimum absolute atomic E-state index is 0.113. The van der Waals surface area contributed by atoms with Gasteiger partial charge >= 0.3 is 0 Å². The molecule has 5 rings (SSSR count). The molecule has 0 amide bonds. The molecule has 170 valence electrons. The molecule has 0 spiro atoms. The van der Waals surface area contributed by atoms with Crippen molar-refractivity contribution in [2.45, 2.75) is 19.4 Å². The summed E-state index contributed by atoms with van der Waals surface area (Å²) in [7, 11) is -3.57. The minimum atomic E-state index is -3.57. The highest BCUT2D eigenvalue weighted by Gasteiger charge is 2.25. The van der Waals surface area contributed by atoms with Crippen molar-refractivity contribution in [2.75, 3.05) is 17.6 Å². The third kappa shape index (κ3) is 4.27. The lowest BCUT2D eigenvalue weighted by Gasteiger charge is -2.08. The molecule has 1 aliphatic rings. The SMILES string of the molecule is NS(=O)(=O)CCNc1nccc(-c2cc3c4c(c2)c(O)c(Cc2ccccc2Cl)n4CC3)n1. The van der Waals surface area contributed by atoms with Crippen LogP contribution in [0.1, 0.15) is 16.8 Å². The van der Waals surface area contributed by atoms with Crippen molar-refractivity contribution in [3.8, 4) is 17.0 Å². The van der Waals surface area contributed by atoms with Crippen molar-refractivity contribution < 1.29 is 13.5 Å². The smallest absolute Gasteiger partial charge is 0.223 e. The quantitative estimate of drug-likeness (QED) is 0.370. The van der Waals surface area contributed by atoms with Crippen LogP contribution in [0.3, 0.4) is 0 Å². The van der Waals surface area contributed by atoms with Crippen molar-refractivity contribution in [1.82, 2.24) is 14.5 Å². The summed E-state index contributed by atoms with van der Waals surface area (Å²) in [6.45, 7) is 0.904. The molecule has 2 aromatic heterocycles. The van der Waals surface area contributed by atoms with Gasteiger partial charge in [0.2, 0.25) is 16.0 Å². The van der Waals surface area contributed by atoms with Crippen LogP contribution in [0.15, 0.2) is 48.7 Å². The van der Waals surface area contributed by atoms with Crippen LogP contribution in [0, 0.1) is 0 Å². The third-order valence-corrected chi connectivity index (χ3v) is 7.00. The Labute approximate surface area is 196 Å². The van der Waals surface area contributed by atoms with Gasteiger partial charge in [-0.15, -0.1) is 0 Å². The van der Waals surface area contributed by atoms with Crippen molar-refractivity contribution in [3.63, 3.8) is 0 Å². The molecule has 3 heterocycles. The molecule has 1 aliphatic heterocycles. The van der Waals surface area contributed by atoms with Crippen LogP contribution < -0.4 is 10.5 Å². The number of halogens is 1. The highest BCUT2D eigenvalue weighted by Crippen LogP contribution is 2.41. The predicted octanol–water partition coefficient (Wildman–Crippen LogP) is 3.30. The molecule has 4 N–H and O–H groups in total. The molecular formula is C23H22ClN5O3S. The number of aromatic hydroxyl groups is 1.